The average molecular weight is 183 g/mol. The van der Waals surface area contributed by atoms with E-state index in [-0.39, 0.29) is 0 Å². The Labute approximate surface area is 66.7 Å². The third-order valence-electron chi connectivity index (χ3n) is 1.79. The Bertz CT molecular complexity index is 215. The van der Waals surface area contributed by atoms with Gasteiger partial charge < -0.3 is 10.5 Å². The maximum absolute atomic E-state index is 12.1. The van der Waals surface area contributed by atoms with Crippen LogP contribution in [-0.2, 0) is 9.53 Å². The first-order valence-electron chi connectivity index (χ1n) is 3.34. The van der Waals surface area contributed by atoms with Crippen LogP contribution in [0, 0.1) is 0 Å². The Morgan fingerprint density at radius 2 is 2.17 bits per heavy atom. The van der Waals surface area contributed by atoms with E-state index in [1.165, 1.54) is 6.92 Å². The lowest BCUT2D eigenvalue weighted by molar-refractivity contribution is -0.193. The Kier molecular flexibility index (Phi) is 1.82. The quantitative estimate of drug-likeness (QED) is 0.559. The molecular weight excluding hydrogens is 175 g/mol. The van der Waals surface area contributed by atoms with Gasteiger partial charge in [0.25, 0.3) is 0 Å². The van der Waals surface area contributed by atoms with Gasteiger partial charge in [0, 0.05) is 6.42 Å². The molecular formula is C6H8F3NO2. The fraction of sp³-hybridized carbons (Fsp3) is 0.833. The largest absolute Gasteiger partial charge is 0.461 e. The van der Waals surface area contributed by atoms with E-state index in [1.54, 1.807) is 0 Å². The summed E-state index contributed by atoms with van der Waals surface area (Å²) in [4.78, 5) is 10.7. The minimum Gasteiger partial charge on any atom is -0.461 e. The zero-order valence-electron chi connectivity index (χ0n) is 6.31. The predicted molar refractivity (Wildman–Crippen MR) is 33.1 cm³/mol. The Hall–Kier alpha value is -0.780. The smallest absolute Gasteiger partial charge is 0.417 e. The van der Waals surface area contributed by atoms with E-state index >= 15 is 0 Å². The van der Waals surface area contributed by atoms with Gasteiger partial charge in [0.15, 0.2) is 0 Å². The van der Waals surface area contributed by atoms with Crippen LogP contribution in [0.15, 0.2) is 0 Å². The van der Waals surface area contributed by atoms with Crippen LogP contribution in [-0.4, -0.2) is 23.8 Å². The lowest BCUT2D eigenvalue weighted by Crippen LogP contribution is -2.57. The molecule has 0 saturated carbocycles. The number of hydrogen-bond donors (Lipinski definition) is 1. The number of alkyl halides is 3. The molecule has 0 aromatic heterocycles. The molecule has 1 fully saturated rings. The van der Waals surface area contributed by atoms with Gasteiger partial charge in [0.2, 0.25) is 5.54 Å². The maximum atomic E-state index is 12.1. The summed E-state index contributed by atoms with van der Waals surface area (Å²) in [6.07, 6.45) is -5.99. The summed E-state index contributed by atoms with van der Waals surface area (Å²) in [5.41, 5.74) is 2.07. The molecule has 0 amide bonds. The molecule has 6 heteroatoms. The van der Waals surface area contributed by atoms with E-state index < -0.39 is 30.2 Å². The molecule has 12 heavy (non-hydrogen) atoms. The zero-order valence-corrected chi connectivity index (χ0v) is 6.31. The third-order valence-corrected chi connectivity index (χ3v) is 1.79. The van der Waals surface area contributed by atoms with E-state index in [0.717, 1.165) is 0 Å². The zero-order chi connectivity index (χ0) is 9.57. The number of cyclic esters (lactones) is 1. The van der Waals surface area contributed by atoms with Crippen molar-refractivity contribution in [1.29, 1.82) is 0 Å². The molecule has 1 saturated heterocycles. The van der Waals surface area contributed by atoms with Crippen molar-refractivity contribution in [2.24, 2.45) is 5.73 Å². The van der Waals surface area contributed by atoms with Gasteiger partial charge in [-0.2, -0.15) is 13.2 Å². The molecule has 0 aliphatic carbocycles. The van der Waals surface area contributed by atoms with Crippen molar-refractivity contribution in [3.05, 3.63) is 0 Å². The minimum absolute atomic E-state index is 0.505. The molecule has 0 spiro atoms. The monoisotopic (exact) mass is 183 g/mol. The van der Waals surface area contributed by atoms with Crippen LogP contribution >= 0.6 is 0 Å². The van der Waals surface area contributed by atoms with Crippen molar-refractivity contribution < 1.29 is 22.7 Å². The van der Waals surface area contributed by atoms with Gasteiger partial charge in [-0.25, -0.2) is 4.79 Å². The molecule has 2 unspecified atom stereocenters. The predicted octanol–water partition coefficient (Wildman–Crippen LogP) is 0.582. The van der Waals surface area contributed by atoms with Crippen molar-refractivity contribution in [2.75, 3.05) is 0 Å². The summed E-state index contributed by atoms with van der Waals surface area (Å²) in [6, 6.07) is 0. The second kappa shape index (κ2) is 2.35. The normalized spacial score (nSPS) is 36.8. The van der Waals surface area contributed by atoms with E-state index in [9.17, 15) is 18.0 Å². The van der Waals surface area contributed by atoms with Crippen molar-refractivity contribution in [1.82, 2.24) is 0 Å². The van der Waals surface area contributed by atoms with Gasteiger partial charge in [0.05, 0.1) is 0 Å². The highest BCUT2D eigenvalue weighted by Gasteiger charge is 2.63. The summed E-state index contributed by atoms with van der Waals surface area (Å²) in [7, 11) is 0. The lowest BCUT2D eigenvalue weighted by atomic mass is 9.96. The molecule has 2 atom stereocenters. The van der Waals surface area contributed by atoms with Gasteiger partial charge >= 0.3 is 12.1 Å². The summed E-state index contributed by atoms with van der Waals surface area (Å²) < 4.78 is 40.7. The van der Waals surface area contributed by atoms with Crippen LogP contribution in [0.3, 0.4) is 0 Å². The molecule has 0 radical (unpaired) electrons. The molecule has 1 heterocycles. The number of rotatable bonds is 0. The van der Waals surface area contributed by atoms with Gasteiger partial charge in [-0.3, -0.25) is 0 Å². The lowest BCUT2D eigenvalue weighted by Gasteiger charge is -2.21. The summed E-state index contributed by atoms with van der Waals surface area (Å²) >= 11 is 0. The highest BCUT2D eigenvalue weighted by Crippen LogP contribution is 2.37. The Morgan fingerprint density at radius 1 is 1.67 bits per heavy atom. The molecule has 0 aromatic carbocycles. The summed E-state index contributed by atoms with van der Waals surface area (Å²) in [6.45, 7) is 1.37. The van der Waals surface area contributed by atoms with E-state index in [0.29, 0.717) is 0 Å². The fourth-order valence-corrected chi connectivity index (χ4v) is 1.10. The number of hydrogen-bond acceptors (Lipinski definition) is 3. The number of nitrogens with two attached hydrogens (primary N) is 1. The van der Waals surface area contributed by atoms with Gasteiger partial charge in [-0.15, -0.1) is 0 Å². The molecule has 0 bridgehead atoms. The van der Waals surface area contributed by atoms with Crippen LogP contribution in [0.25, 0.3) is 0 Å². The van der Waals surface area contributed by atoms with Crippen LogP contribution in [0.2, 0.25) is 0 Å². The molecule has 0 aromatic rings. The number of carbonyl (C=O) groups is 1. The second-order valence-electron chi connectivity index (χ2n) is 2.89. The summed E-state index contributed by atoms with van der Waals surface area (Å²) in [5, 5.41) is 0. The first-order valence-corrected chi connectivity index (χ1v) is 3.34. The maximum Gasteiger partial charge on any atom is 0.417 e. The molecule has 2 N–H and O–H groups in total. The molecule has 1 aliphatic rings. The minimum atomic E-state index is -4.73. The van der Waals surface area contributed by atoms with Crippen LogP contribution < -0.4 is 5.73 Å². The van der Waals surface area contributed by atoms with Gasteiger partial charge in [-0.1, -0.05) is 0 Å². The SMILES string of the molecule is CC1CC(N)(C(F)(F)F)C(=O)O1. The van der Waals surface area contributed by atoms with Crippen molar-refractivity contribution >= 4 is 5.97 Å². The molecule has 3 nitrogen and oxygen atoms in total. The molecule has 1 rings (SSSR count). The van der Waals surface area contributed by atoms with E-state index in [2.05, 4.69) is 4.74 Å². The van der Waals surface area contributed by atoms with Crippen molar-refractivity contribution in [3.63, 3.8) is 0 Å². The Balaban J connectivity index is 2.93. The topological polar surface area (TPSA) is 52.3 Å². The first-order chi connectivity index (χ1) is 5.27. The Morgan fingerprint density at radius 3 is 2.33 bits per heavy atom. The second-order valence-corrected chi connectivity index (χ2v) is 2.89. The highest BCUT2D eigenvalue weighted by molar-refractivity contribution is 5.83. The standard InChI is InChI=1S/C6H8F3NO2/c1-3-2-5(10,4(11)12-3)6(7,8)9/h3H,2,10H2,1H3. The average Bonchev–Trinajstić information content (AvgIpc) is 2.06. The third kappa shape index (κ3) is 1.16. The van der Waals surface area contributed by atoms with Gasteiger partial charge in [-0.05, 0) is 6.92 Å². The van der Waals surface area contributed by atoms with Crippen LogP contribution in [0.5, 0.6) is 0 Å². The number of esters is 1. The number of carbonyl (C=O) groups excluding carboxylic acids is 1. The first kappa shape index (κ1) is 9.31. The molecule has 1 aliphatic heterocycles. The van der Waals surface area contributed by atoms with E-state index in [4.69, 9.17) is 5.73 Å². The van der Waals surface area contributed by atoms with Crippen molar-refractivity contribution in [2.45, 2.75) is 31.2 Å². The van der Waals surface area contributed by atoms with Crippen LogP contribution in [0.4, 0.5) is 13.2 Å². The number of halogens is 3. The fourth-order valence-electron chi connectivity index (χ4n) is 1.10. The highest BCUT2D eigenvalue weighted by atomic mass is 19.4. The summed E-state index contributed by atoms with van der Waals surface area (Å²) in [5.74, 6) is -1.39. The molecule has 70 valence electrons. The van der Waals surface area contributed by atoms with Gasteiger partial charge in [0.1, 0.15) is 6.10 Å². The van der Waals surface area contributed by atoms with Crippen molar-refractivity contribution in [3.8, 4) is 0 Å². The van der Waals surface area contributed by atoms with Crippen LogP contribution in [0.1, 0.15) is 13.3 Å². The number of ether oxygens (including phenoxy) is 1. The van der Waals surface area contributed by atoms with E-state index in [1.807, 2.05) is 0 Å².